The molecule has 0 saturated heterocycles. The number of nitrogens with one attached hydrogen (secondary N) is 2. The minimum absolute atomic E-state index is 0.217. The summed E-state index contributed by atoms with van der Waals surface area (Å²) in [5.74, 6) is -2.06. The standard InChI is InChI=1S/C11H14N4O4/c1-8(6-15-5-4-12-7-15)13-11(19)14-9(16)2-3-10(17)18/h2-5,7-8H,6H2,1H3,(H,17,18)(H2,13,14,16,19)/b3-2+. The van der Waals surface area contributed by atoms with Crippen molar-refractivity contribution >= 4 is 17.9 Å². The third-order valence-corrected chi connectivity index (χ3v) is 2.04. The van der Waals surface area contributed by atoms with E-state index in [1.165, 1.54) is 0 Å². The second-order valence-corrected chi connectivity index (χ2v) is 3.79. The quantitative estimate of drug-likeness (QED) is 0.635. The van der Waals surface area contributed by atoms with Gasteiger partial charge in [0.25, 0.3) is 5.91 Å². The molecule has 1 rings (SSSR count). The van der Waals surface area contributed by atoms with Crippen molar-refractivity contribution in [3.05, 3.63) is 30.9 Å². The maximum atomic E-state index is 11.4. The summed E-state index contributed by atoms with van der Waals surface area (Å²) in [5, 5.41) is 12.8. The van der Waals surface area contributed by atoms with Crippen LogP contribution in [0.1, 0.15) is 6.92 Å². The Kier molecular flexibility index (Phi) is 5.27. The van der Waals surface area contributed by atoms with Gasteiger partial charge in [0.1, 0.15) is 0 Å². The van der Waals surface area contributed by atoms with Gasteiger partial charge in [-0.3, -0.25) is 10.1 Å². The maximum Gasteiger partial charge on any atom is 0.328 e. The Morgan fingerprint density at radius 3 is 2.74 bits per heavy atom. The number of carbonyl (C=O) groups excluding carboxylic acids is 2. The van der Waals surface area contributed by atoms with E-state index in [4.69, 9.17) is 5.11 Å². The summed E-state index contributed by atoms with van der Waals surface area (Å²) < 4.78 is 1.77. The van der Waals surface area contributed by atoms with Crippen molar-refractivity contribution in [2.45, 2.75) is 19.5 Å². The van der Waals surface area contributed by atoms with Crippen molar-refractivity contribution in [1.29, 1.82) is 0 Å². The minimum Gasteiger partial charge on any atom is -0.478 e. The number of aliphatic carboxylic acids is 1. The number of carbonyl (C=O) groups is 3. The van der Waals surface area contributed by atoms with Crippen LogP contribution in [-0.2, 0) is 16.1 Å². The van der Waals surface area contributed by atoms with Crippen molar-refractivity contribution in [1.82, 2.24) is 20.2 Å². The molecule has 0 saturated carbocycles. The zero-order chi connectivity index (χ0) is 14.3. The lowest BCUT2D eigenvalue weighted by Gasteiger charge is -2.14. The molecule has 8 heteroatoms. The molecule has 3 amide bonds. The highest BCUT2D eigenvalue weighted by Gasteiger charge is 2.09. The number of nitrogens with zero attached hydrogens (tertiary/aromatic N) is 2. The number of hydrogen-bond donors (Lipinski definition) is 3. The SMILES string of the molecule is CC(Cn1ccnc1)NC(=O)NC(=O)/C=C/C(=O)O. The first-order chi connectivity index (χ1) is 8.97. The first-order valence-electron chi connectivity index (χ1n) is 5.45. The molecule has 1 atom stereocenters. The van der Waals surface area contributed by atoms with E-state index in [-0.39, 0.29) is 6.04 Å². The molecule has 3 N–H and O–H groups in total. The molecule has 0 spiro atoms. The van der Waals surface area contributed by atoms with Crippen LogP contribution in [0.2, 0.25) is 0 Å². The second kappa shape index (κ2) is 6.94. The number of urea groups is 1. The number of aromatic nitrogens is 2. The molecule has 1 aromatic rings. The molecule has 0 radical (unpaired) electrons. The normalized spacial score (nSPS) is 12.1. The van der Waals surface area contributed by atoms with Crippen LogP contribution in [0.4, 0.5) is 4.79 Å². The highest BCUT2D eigenvalue weighted by molar-refractivity contribution is 6.02. The minimum atomic E-state index is -1.26. The van der Waals surface area contributed by atoms with Gasteiger partial charge in [0, 0.05) is 37.1 Å². The smallest absolute Gasteiger partial charge is 0.328 e. The fourth-order valence-electron chi connectivity index (χ4n) is 1.32. The van der Waals surface area contributed by atoms with Crippen molar-refractivity contribution in [2.75, 3.05) is 0 Å². The second-order valence-electron chi connectivity index (χ2n) is 3.79. The van der Waals surface area contributed by atoms with E-state index >= 15 is 0 Å². The Bertz CT molecular complexity index is 481. The van der Waals surface area contributed by atoms with Crippen molar-refractivity contribution in [3.8, 4) is 0 Å². The van der Waals surface area contributed by atoms with Crippen LogP contribution in [0.25, 0.3) is 0 Å². The fraction of sp³-hybridized carbons (Fsp3) is 0.273. The predicted molar refractivity (Wildman–Crippen MR) is 65.1 cm³/mol. The summed E-state index contributed by atoms with van der Waals surface area (Å²) in [6.45, 7) is 2.27. The maximum absolute atomic E-state index is 11.4. The van der Waals surface area contributed by atoms with E-state index in [2.05, 4.69) is 10.3 Å². The lowest BCUT2D eigenvalue weighted by Crippen LogP contribution is -2.44. The highest BCUT2D eigenvalue weighted by Crippen LogP contribution is 1.91. The Morgan fingerprint density at radius 1 is 1.42 bits per heavy atom. The first-order valence-corrected chi connectivity index (χ1v) is 5.45. The summed E-state index contributed by atoms with van der Waals surface area (Å²) in [5.41, 5.74) is 0. The summed E-state index contributed by atoms with van der Waals surface area (Å²) in [6, 6.07) is -0.905. The van der Waals surface area contributed by atoms with Gasteiger partial charge in [0.05, 0.1) is 6.33 Å². The average molecular weight is 266 g/mol. The van der Waals surface area contributed by atoms with E-state index in [1.807, 2.05) is 5.32 Å². The number of imidazole rings is 1. The molecule has 0 fully saturated rings. The Hall–Kier alpha value is -2.64. The molecule has 1 aromatic heterocycles. The Morgan fingerprint density at radius 2 is 2.16 bits per heavy atom. The van der Waals surface area contributed by atoms with Crippen molar-refractivity contribution in [2.24, 2.45) is 0 Å². The zero-order valence-electron chi connectivity index (χ0n) is 10.2. The zero-order valence-corrected chi connectivity index (χ0v) is 10.2. The number of hydrogen-bond acceptors (Lipinski definition) is 4. The summed E-state index contributed by atoms with van der Waals surface area (Å²) in [7, 11) is 0. The molecule has 1 heterocycles. The van der Waals surface area contributed by atoms with Gasteiger partial charge in [-0.2, -0.15) is 0 Å². The number of carboxylic acids is 1. The lowest BCUT2D eigenvalue weighted by molar-refractivity contribution is -0.131. The molecule has 19 heavy (non-hydrogen) atoms. The van der Waals surface area contributed by atoms with Crippen LogP contribution >= 0.6 is 0 Å². The Balaban J connectivity index is 2.34. The third kappa shape index (κ3) is 6.01. The highest BCUT2D eigenvalue weighted by atomic mass is 16.4. The average Bonchev–Trinajstić information content (AvgIpc) is 2.78. The molecular formula is C11H14N4O4. The van der Waals surface area contributed by atoms with Crippen LogP contribution < -0.4 is 10.6 Å². The van der Waals surface area contributed by atoms with E-state index in [0.717, 1.165) is 6.08 Å². The molecule has 8 nitrogen and oxygen atoms in total. The predicted octanol–water partition coefficient (Wildman–Crippen LogP) is -0.262. The lowest BCUT2D eigenvalue weighted by atomic mass is 10.3. The fourth-order valence-corrected chi connectivity index (χ4v) is 1.32. The van der Waals surface area contributed by atoms with E-state index in [9.17, 15) is 14.4 Å². The number of imide groups is 1. The molecule has 0 bridgehead atoms. The van der Waals surface area contributed by atoms with Gasteiger partial charge in [0.2, 0.25) is 0 Å². The van der Waals surface area contributed by atoms with Crippen LogP contribution in [-0.4, -0.2) is 38.6 Å². The van der Waals surface area contributed by atoms with Crippen LogP contribution in [0.15, 0.2) is 30.9 Å². The van der Waals surface area contributed by atoms with E-state index in [0.29, 0.717) is 12.6 Å². The van der Waals surface area contributed by atoms with Gasteiger partial charge in [-0.1, -0.05) is 0 Å². The molecule has 1 unspecified atom stereocenters. The molecule has 0 aliphatic heterocycles. The van der Waals surface area contributed by atoms with Gasteiger partial charge >= 0.3 is 12.0 Å². The first kappa shape index (κ1) is 14.4. The van der Waals surface area contributed by atoms with Gasteiger partial charge in [-0.15, -0.1) is 0 Å². The largest absolute Gasteiger partial charge is 0.478 e. The van der Waals surface area contributed by atoms with Gasteiger partial charge in [0.15, 0.2) is 0 Å². The van der Waals surface area contributed by atoms with Gasteiger partial charge in [-0.05, 0) is 6.92 Å². The van der Waals surface area contributed by atoms with Crippen LogP contribution in [0.5, 0.6) is 0 Å². The number of carboxylic acid groups (broad SMARTS) is 1. The molecule has 102 valence electrons. The van der Waals surface area contributed by atoms with E-state index < -0.39 is 17.9 Å². The topological polar surface area (TPSA) is 113 Å². The molecular weight excluding hydrogens is 252 g/mol. The van der Waals surface area contributed by atoms with Gasteiger partial charge in [-0.25, -0.2) is 14.6 Å². The Labute approximate surface area is 109 Å². The number of rotatable bonds is 5. The summed E-state index contributed by atoms with van der Waals surface area (Å²) in [6.07, 6.45) is 6.39. The summed E-state index contributed by atoms with van der Waals surface area (Å²) in [4.78, 5) is 36.5. The summed E-state index contributed by atoms with van der Waals surface area (Å²) >= 11 is 0. The molecule has 0 aliphatic rings. The third-order valence-electron chi connectivity index (χ3n) is 2.04. The van der Waals surface area contributed by atoms with E-state index in [1.54, 1.807) is 30.2 Å². The van der Waals surface area contributed by atoms with Crippen molar-refractivity contribution < 1.29 is 19.5 Å². The molecule has 0 aromatic carbocycles. The van der Waals surface area contributed by atoms with Crippen molar-refractivity contribution in [3.63, 3.8) is 0 Å². The van der Waals surface area contributed by atoms with Crippen LogP contribution in [0, 0.1) is 0 Å². The van der Waals surface area contributed by atoms with Gasteiger partial charge < -0.3 is 15.0 Å². The molecule has 0 aliphatic carbocycles. The van der Waals surface area contributed by atoms with Crippen LogP contribution in [0.3, 0.4) is 0 Å². The monoisotopic (exact) mass is 266 g/mol. The number of amides is 3.